The maximum absolute atomic E-state index is 14.5. The fourth-order valence-corrected chi connectivity index (χ4v) is 4.05. The van der Waals surface area contributed by atoms with Crippen molar-refractivity contribution in [3.63, 3.8) is 0 Å². The molecule has 0 aliphatic heterocycles. The van der Waals surface area contributed by atoms with Gasteiger partial charge in [-0.05, 0) is 42.8 Å². The van der Waals surface area contributed by atoms with E-state index < -0.39 is 11.6 Å². The van der Waals surface area contributed by atoms with E-state index in [1.165, 1.54) is 18.5 Å². The molecular formula is C19H19F2N5OS. The molecule has 2 N–H and O–H groups in total. The largest absolute Gasteiger partial charge is 0.490 e. The van der Waals surface area contributed by atoms with Crippen LogP contribution in [0.1, 0.15) is 37.2 Å². The van der Waals surface area contributed by atoms with E-state index in [0.717, 1.165) is 43.2 Å². The van der Waals surface area contributed by atoms with Crippen LogP contribution in [-0.4, -0.2) is 26.3 Å². The molecule has 1 unspecified atom stereocenters. The summed E-state index contributed by atoms with van der Waals surface area (Å²) in [5, 5.41) is 6.83. The smallest absolute Gasteiger partial charge is 0.145 e. The quantitative estimate of drug-likeness (QED) is 0.581. The molecule has 4 rings (SSSR count). The molecule has 146 valence electrons. The first kappa shape index (κ1) is 18.7. The number of benzene rings is 1. The lowest BCUT2D eigenvalue weighted by Gasteiger charge is -2.31. The van der Waals surface area contributed by atoms with Gasteiger partial charge in [0.05, 0.1) is 6.20 Å². The second kappa shape index (κ2) is 8.55. The zero-order valence-corrected chi connectivity index (χ0v) is 15.8. The molecule has 2 aromatic heterocycles. The summed E-state index contributed by atoms with van der Waals surface area (Å²) >= 11 is 0.822. The molecule has 0 spiro atoms. The van der Waals surface area contributed by atoms with Crippen LogP contribution in [0.25, 0.3) is 0 Å². The third-order valence-corrected chi connectivity index (χ3v) is 5.65. The van der Waals surface area contributed by atoms with Gasteiger partial charge in [0.2, 0.25) is 0 Å². The van der Waals surface area contributed by atoms with E-state index in [1.54, 1.807) is 18.5 Å². The van der Waals surface area contributed by atoms with E-state index >= 15 is 0 Å². The van der Waals surface area contributed by atoms with Crippen molar-refractivity contribution in [3.8, 4) is 5.75 Å². The highest BCUT2D eigenvalue weighted by atomic mass is 32.2. The molecule has 1 aliphatic rings. The number of ether oxygens (including phenoxy) is 1. The van der Waals surface area contributed by atoms with Crippen molar-refractivity contribution in [3.05, 3.63) is 60.3 Å². The fraction of sp³-hybridized carbons (Fsp3) is 0.316. The Bertz CT molecular complexity index is 887. The average molecular weight is 403 g/mol. The van der Waals surface area contributed by atoms with Gasteiger partial charge < -0.3 is 9.46 Å². The summed E-state index contributed by atoms with van der Waals surface area (Å²) in [6, 6.07) is 4.07. The standard InChI is InChI=1S/C19H19F2N5OS/c20-15-7-13(8-16(21)19(15)28-26-18-5-6-22-11-23-18)27-17-4-2-1-3-14(17)12-9-24-25-10-12/h5-11,14,17H,1-4H2,(H,24,25)(H,22,23,26)/t14-,17?/m0/s1. The molecule has 1 aliphatic carbocycles. The number of aromatic amines is 1. The molecule has 0 radical (unpaired) electrons. The Labute approximate surface area is 165 Å². The van der Waals surface area contributed by atoms with Crippen molar-refractivity contribution in [1.82, 2.24) is 20.2 Å². The van der Waals surface area contributed by atoms with E-state index in [0.29, 0.717) is 5.82 Å². The molecule has 28 heavy (non-hydrogen) atoms. The van der Waals surface area contributed by atoms with Crippen molar-refractivity contribution in [2.45, 2.75) is 42.6 Å². The molecule has 6 nitrogen and oxygen atoms in total. The van der Waals surface area contributed by atoms with Gasteiger partial charge in [-0.25, -0.2) is 18.7 Å². The summed E-state index contributed by atoms with van der Waals surface area (Å²) in [5.41, 5.74) is 1.06. The van der Waals surface area contributed by atoms with Gasteiger partial charge in [-0.1, -0.05) is 6.42 Å². The minimum Gasteiger partial charge on any atom is -0.490 e. The predicted molar refractivity (Wildman–Crippen MR) is 102 cm³/mol. The number of nitrogens with one attached hydrogen (secondary N) is 2. The molecule has 2 atom stereocenters. The number of H-pyrrole nitrogens is 1. The Morgan fingerprint density at radius 1 is 1.18 bits per heavy atom. The van der Waals surface area contributed by atoms with Gasteiger partial charge in [-0.15, -0.1) is 0 Å². The third kappa shape index (κ3) is 4.24. The first-order valence-electron chi connectivity index (χ1n) is 9.04. The number of anilines is 1. The molecule has 0 bridgehead atoms. The number of nitrogens with zero attached hydrogens (tertiary/aromatic N) is 3. The van der Waals surface area contributed by atoms with Crippen LogP contribution >= 0.6 is 11.9 Å². The molecule has 1 fully saturated rings. The Morgan fingerprint density at radius 2 is 2.00 bits per heavy atom. The van der Waals surface area contributed by atoms with Crippen LogP contribution in [0.15, 0.2) is 48.0 Å². The maximum Gasteiger partial charge on any atom is 0.145 e. The Morgan fingerprint density at radius 3 is 2.71 bits per heavy atom. The summed E-state index contributed by atoms with van der Waals surface area (Å²) in [6.07, 6.45) is 10.3. The first-order valence-corrected chi connectivity index (χ1v) is 9.85. The fourth-order valence-electron chi connectivity index (χ4n) is 3.41. The van der Waals surface area contributed by atoms with Gasteiger partial charge in [0.15, 0.2) is 0 Å². The lowest BCUT2D eigenvalue weighted by atomic mass is 9.83. The Hall–Kier alpha value is -2.68. The van der Waals surface area contributed by atoms with Crippen LogP contribution in [0.3, 0.4) is 0 Å². The Kier molecular flexibility index (Phi) is 5.70. The van der Waals surface area contributed by atoms with Crippen LogP contribution in [0.5, 0.6) is 5.75 Å². The monoisotopic (exact) mass is 403 g/mol. The lowest BCUT2D eigenvalue weighted by molar-refractivity contribution is 0.129. The minimum atomic E-state index is -0.683. The molecular weight excluding hydrogens is 384 g/mol. The summed E-state index contributed by atoms with van der Waals surface area (Å²) < 4.78 is 37.8. The number of hydrogen-bond acceptors (Lipinski definition) is 6. The minimum absolute atomic E-state index is 0.136. The number of rotatable bonds is 6. The first-order chi connectivity index (χ1) is 13.7. The summed E-state index contributed by atoms with van der Waals surface area (Å²) in [5.74, 6) is -0.548. The second-order valence-corrected chi connectivity index (χ2v) is 7.41. The van der Waals surface area contributed by atoms with Crippen molar-refractivity contribution in [1.29, 1.82) is 0 Å². The van der Waals surface area contributed by atoms with Gasteiger partial charge in [0.1, 0.15) is 40.5 Å². The SMILES string of the molecule is Fc1cc(OC2CCCC[C@H]2c2cn[nH]c2)cc(F)c1SNc1ccncn1. The highest BCUT2D eigenvalue weighted by Crippen LogP contribution is 2.37. The van der Waals surface area contributed by atoms with Gasteiger partial charge >= 0.3 is 0 Å². The van der Waals surface area contributed by atoms with Crippen molar-refractivity contribution in [2.24, 2.45) is 0 Å². The zero-order chi connectivity index (χ0) is 19.3. The van der Waals surface area contributed by atoms with Crippen LogP contribution in [0.4, 0.5) is 14.6 Å². The number of aromatic nitrogens is 4. The van der Waals surface area contributed by atoms with Crippen molar-refractivity contribution in [2.75, 3.05) is 4.72 Å². The predicted octanol–water partition coefficient (Wildman–Crippen LogP) is 4.70. The van der Waals surface area contributed by atoms with E-state index in [1.807, 2.05) is 6.20 Å². The normalized spacial score (nSPS) is 19.4. The van der Waals surface area contributed by atoms with E-state index in [2.05, 4.69) is 24.9 Å². The molecule has 2 heterocycles. The molecule has 0 amide bonds. The van der Waals surface area contributed by atoms with Crippen molar-refractivity contribution >= 4 is 17.8 Å². The summed E-state index contributed by atoms with van der Waals surface area (Å²) in [4.78, 5) is 7.62. The van der Waals surface area contributed by atoms with Crippen LogP contribution in [0.2, 0.25) is 0 Å². The number of hydrogen-bond donors (Lipinski definition) is 2. The molecule has 9 heteroatoms. The molecule has 0 saturated heterocycles. The van der Waals surface area contributed by atoms with Crippen LogP contribution in [0, 0.1) is 11.6 Å². The maximum atomic E-state index is 14.5. The summed E-state index contributed by atoms with van der Waals surface area (Å²) in [6.45, 7) is 0. The molecule has 3 aromatic rings. The highest BCUT2D eigenvalue weighted by molar-refractivity contribution is 8.00. The second-order valence-electron chi connectivity index (χ2n) is 6.59. The Balaban J connectivity index is 1.48. The van der Waals surface area contributed by atoms with E-state index in [-0.39, 0.29) is 22.7 Å². The van der Waals surface area contributed by atoms with Crippen molar-refractivity contribution < 1.29 is 13.5 Å². The van der Waals surface area contributed by atoms with Crippen LogP contribution in [-0.2, 0) is 0 Å². The topological polar surface area (TPSA) is 75.7 Å². The van der Waals surface area contributed by atoms with Gasteiger partial charge in [0.25, 0.3) is 0 Å². The van der Waals surface area contributed by atoms with E-state index in [9.17, 15) is 8.78 Å². The number of halogens is 2. The highest BCUT2D eigenvalue weighted by Gasteiger charge is 2.29. The zero-order valence-electron chi connectivity index (χ0n) is 14.9. The van der Waals surface area contributed by atoms with Gasteiger partial charge in [0, 0.05) is 30.4 Å². The lowest BCUT2D eigenvalue weighted by Crippen LogP contribution is -2.28. The summed E-state index contributed by atoms with van der Waals surface area (Å²) in [7, 11) is 0. The average Bonchev–Trinajstić information content (AvgIpc) is 3.23. The third-order valence-electron chi connectivity index (χ3n) is 4.75. The van der Waals surface area contributed by atoms with E-state index in [4.69, 9.17) is 4.74 Å². The van der Waals surface area contributed by atoms with Crippen LogP contribution < -0.4 is 9.46 Å². The van der Waals surface area contributed by atoms with Gasteiger partial charge in [-0.2, -0.15) is 5.10 Å². The molecule has 1 aromatic carbocycles. The molecule has 1 saturated carbocycles. The van der Waals surface area contributed by atoms with Gasteiger partial charge in [-0.3, -0.25) is 5.10 Å².